The molecule has 0 spiro atoms. The molecule has 1 aromatic carbocycles. The fraction of sp³-hybridized carbons (Fsp3) is 0.600. The third-order valence-electron chi connectivity index (χ3n) is 3.13. The van der Waals surface area contributed by atoms with Gasteiger partial charge in [0.25, 0.3) is 0 Å². The minimum Gasteiger partial charge on any atom is -0.490 e. The van der Waals surface area contributed by atoms with E-state index in [1.807, 2.05) is 25.1 Å². The molecular weight excluding hydrogens is 322 g/mol. The molecule has 3 N–H and O–H groups in total. The summed E-state index contributed by atoms with van der Waals surface area (Å²) in [5.74, 6) is 0.733. The van der Waals surface area contributed by atoms with Crippen molar-refractivity contribution in [2.24, 2.45) is 0 Å². The van der Waals surface area contributed by atoms with Crippen LogP contribution < -0.4 is 10.1 Å². The first kappa shape index (κ1) is 17.4. The zero-order chi connectivity index (χ0) is 15.0. The molecule has 1 aromatic rings. The van der Waals surface area contributed by atoms with Gasteiger partial charge in [-0.05, 0) is 53.4 Å². The van der Waals surface area contributed by atoms with E-state index in [4.69, 9.17) is 9.84 Å². The Balaban J connectivity index is 2.33. The number of halogens is 1. The second-order valence-corrected chi connectivity index (χ2v) is 5.78. The van der Waals surface area contributed by atoms with Crippen molar-refractivity contribution in [3.63, 3.8) is 0 Å². The van der Waals surface area contributed by atoms with Crippen molar-refractivity contribution in [3.8, 4) is 5.75 Å². The molecule has 0 radical (unpaired) electrons. The molecule has 0 saturated carbocycles. The molecule has 0 aliphatic carbocycles. The summed E-state index contributed by atoms with van der Waals surface area (Å²) in [7, 11) is 0. The normalized spacial score (nSPS) is 14.1. The molecular formula is C15H24BrNO3. The van der Waals surface area contributed by atoms with Crippen molar-refractivity contribution in [2.75, 3.05) is 19.8 Å². The molecule has 0 fully saturated rings. The van der Waals surface area contributed by atoms with Gasteiger partial charge in [0.1, 0.15) is 18.5 Å². The average Bonchev–Trinajstić information content (AvgIpc) is 2.42. The Bertz CT molecular complexity index is 401. The summed E-state index contributed by atoms with van der Waals surface area (Å²) in [6.07, 6.45) is 1.06. The molecule has 0 heterocycles. The summed E-state index contributed by atoms with van der Waals surface area (Å²) in [5, 5.41) is 22.0. The van der Waals surface area contributed by atoms with Gasteiger partial charge in [-0.3, -0.25) is 0 Å². The van der Waals surface area contributed by atoms with E-state index in [1.54, 1.807) is 0 Å². The van der Waals surface area contributed by atoms with Crippen LogP contribution in [0.2, 0.25) is 0 Å². The van der Waals surface area contributed by atoms with Crippen LogP contribution in [0.5, 0.6) is 5.75 Å². The van der Waals surface area contributed by atoms with Crippen LogP contribution in [0.3, 0.4) is 0 Å². The molecule has 2 unspecified atom stereocenters. The highest BCUT2D eigenvalue weighted by Crippen LogP contribution is 2.25. The number of ether oxygens (including phenoxy) is 1. The van der Waals surface area contributed by atoms with Gasteiger partial charge >= 0.3 is 0 Å². The van der Waals surface area contributed by atoms with Crippen LogP contribution in [0.4, 0.5) is 0 Å². The molecule has 20 heavy (non-hydrogen) atoms. The summed E-state index contributed by atoms with van der Waals surface area (Å²) in [5.41, 5.74) is 1.15. The standard InChI is InChI=1S/C15H24BrNO3/c1-3-12(6-7-18)17-9-13(19)10-20-15-5-4-11(2)8-14(15)16/h4-5,8,12-13,17-19H,3,6-7,9-10H2,1-2H3. The highest BCUT2D eigenvalue weighted by Gasteiger charge is 2.10. The number of rotatable bonds is 9. The van der Waals surface area contributed by atoms with Crippen LogP contribution in [0.15, 0.2) is 22.7 Å². The first-order valence-corrected chi connectivity index (χ1v) is 7.77. The Hall–Kier alpha value is -0.620. The van der Waals surface area contributed by atoms with Crippen molar-refractivity contribution in [3.05, 3.63) is 28.2 Å². The lowest BCUT2D eigenvalue weighted by Gasteiger charge is -2.19. The summed E-state index contributed by atoms with van der Waals surface area (Å²) in [6.45, 7) is 4.93. The van der Waals surface area contributed by atoms with Crippen molar-refractivity contribution in [1.29, 1.82) is 0 Å². The van der Waals surface area contributed by atoms with Gasteiger partial charge in [-0.15, -0.1) is 0 Å². The number of nitrogens with one attached hydrogen (secondary N) is 1. The molecule has 2 atom stereocenters. The number of benzene rings is 1. The lowest BCUT2D eigenvalue weighted by atomic mass is 10.1. The topological polar surface area (TPSA) is 61.7 Å². The van der Waals surface area contributed by atoms with Gasteiger partial charge in [0.15, 0.2) is 0 Å². The Morgan fingerprint density at radius 2 is 2.15 bits per heavy atom. The first-order chi connectivity index (χ1) is 9.56. The predicted octanol–water partition coefficient (Wildman–Crippen LogP) is 2.25. The fourth-order valence-electron chi connectivity index (χ4n) is 1.88. The second-order valence-electron chi connectivity index (χ2n) is 4.92. The molecule has 114 valence electrons. The van der Waals surface area contributed by atoms with Gasteiger partial charge in [-0.25, -0.2) is 0 Å². The van der Waals surface area contributed by atoms with Crippen molar-refractivity contribution < 1.29 is 14.9 Å². The summed E-state index contributed by atoms with van der Waals surface area (Å²) >= 11 is 3.44. The minimum absolute atomic E-state index is 0.161. The molecule has 0 saturated heterocycles. The Kier molecular flexibility index (Phi) is 8.14. The lowest BCUT2D eigenvalue weighted by Crippen LogP contribution is -2.38. The van der Waals surface area contributed by atoms with E-state index < -0.39 is 6.10 Å². The maximum Gasteiger partial charge on any atom is 0.133 e. The highest BCUT2D eigenvalue weighted by molar-refractivity contribution is 9.10. The minimum atomic E-state index is -0.573. The van der Waals surface area contributed by atoms with E-state index in [1.165, 1.54) is 0 Å². The van der Waals surface area contributed by atoms with Gasteiger partial charge in [-0.2, -0.15) is 0 Å². The number of aryl methyl sites for hydroxylation is 1. The number of aliphatic hydroxyl groups is 2. The first-order valence-electron chi connectivity index (χ1n) is 6.98. The molecule has 0 aliphatic rings. The number of hydrogen-bond acceptors (Lipinski definition) is 4. The van der Waals surface area contributed by atoms with Crippen LogP contribution in [-0.4, -0.2) is 42.1 Å². The van der Waals surface area contributed by atoms with E-state index >= 15 is 0 Å². The van der Waals surface area contributed by atoms with Gasteiger partial charge in [0.2, 0.25) is 0 Å². The quantitative estimate of drug-likeness (QED) is 0.642. The third kappa shape index (κ3) is 6.22. The predicted molar refractivity (Wildman–Crippen MR) is 84.2 cm³/mol. The monoisotopic (exact) mass is 345 g/mol. The Morgan fingerprint density at radius 3 is 2.75 bits per heavy atom. The van der Waals surface area contributed by atoms with E-state index in [2.05, 4.69) is 28.2 Å². The largest absolute Gasteiger partial charge is 0.490 e. The van der Waals surface area contributed by atoms with Crippen molar-refractivity contribution >= 4 is 15.9 Å². The van der Waals surface area contributed by atoms with Crippen molar-refractivity contribution in [1.82, 2.24) is 5.32 Å². The number of aliphatic hydroxyl groups excluding tert-OH is 2. The van der Waals surface area contributed by atoms with Crippen molar-refractivity contribution in [2.45, 2.75) is 38.8 Å². The fourth-order valence-corrected chi connectivity index (χ4v) is 2.48. The second kappa shape index (κ2) is 9.34. The summed E-state index contributed by atoms with van der Waals surface area (Å²) < 4.78 is 6.49. The van der Waals surface area contributed by atoms with Crippen LogP contribution in [-0.2, 0) is 0 Å². The Morgan fingerprint density at radius 1 is 1.40 bits per heavy atom. The smallest absolute Gasteiger partial charge is 0.133 e. The van der Waals surface area contributed by atoms with E-state index in [-0.39, 0.29) is 19.3 Å². The maximum atomic E-state index is 9.90. The SMILES string of the molecule is CCC(CCO)NCC(O)COc1ccc(C)cc1Br. The van der Waals surface area contributed by atoms with Gasteiger partial charge in [0, 0.05) is 19.2 Å². The van der Waals surface area contributed by atoms with Gasteiger partial charge in [-0.1, -0.05) is 13.0 Å². The van der Waals surface area contributed by atoms with Crippen LogP contribution in [0.25, 0.3) is 0 Å². The Labute approximate surface area is 129 Å². The zero-order valence-electron chi connectivity index (χ0n) is 12.1. The average molecular weight is 346 g/mol. The molecule has 0 bridgehead atoms. The van der Waals surface area contributed by atoms with E-state index in [0.717, 1.165) is 22.2 Å². The molecule has 0 aromatic heterocycles. The molecule has 0 amide bonds. The van der Waals surface area contributed by atoms with E-state index in [0.29, 0.717) is 13.0 Å². The lowest BCUT2D eigenvalue weighted by molar-refractivity contribution is 0.101. The zero-order valence-corrected chi connectivity index (χ0v) is 13.7. The van der Waals surface area contributed by atoms with Gasteiger partial charge in [0.05, 0.1) is 4.47 Å². The van der Waals surface area contributed by atoms with Crippen LogP contribution >= 0.6 is 15.9 Å². The van der Waals surface area contributed by atoms with Crippen LogP contribution in [0, 0.1) is 6.92 Å². The molecule has 4 nitrogen and oxygen atoms in total. The summed E-state index contributed by atoms with van der Waals surface area (Å²) in [6, 6.07) is 6.08. The number of hydrogen-bond donors (Lipinski definition) is 3. The molecule has 5 heteroatoms. The highest BCUT2D eigenvalue weighted by atomic mass is 79.9. The summed E-state index contributed by atoms with van der Waals surface area (Å²) in [4.78, 5) is 0. The molecule has 0 aliphatic heterocycles. The third-order valence-corrected chi connectivity index (χ3v) is 3.75. The molecule has 1 rings (SSSR count). The maximum absolute atomic E-state index is 9.90. The van der Waals surface area contributed by atoms with Crippen LogP contribution in [0.1, 0.15) is 25.3 Å². The van der Waals surface area contributed by atoms with Gasteiger partial charge < -0.3 is 20.3 Å². The van der Waals surface area contributed by atoms with E-state index in [9.17, 15) is 5.11 Å².